The third kappa shape index (κ3) is 3.57. The number of hydrogen-bond donors (Lipinski definition) is 2. The van der Waals surface area contributed by atoms with Crippen molar-refractivity contribution in [1.29, 1.82) is 0 Å². The molecule has 0 amide bonds. The van der Waals surface area contributed by atoms with Crippen LogP contribution in [0.3, 0.4) is 0 Å². The molecule has 4 nitrogen and oxygen atoms in total. The molecule has 0 radical (unpaired) electrons. The van der Waals surface area contributed by atoms with Gasteiger partial charge in [-0.1, -0.05) is 29.8 Å². The van der Waals surface area contributed by atoms with Gasteiger partial charge in [-0.05, 0) is 41.1 Å². The number of aliphatic hydroxyl groups is 1. The quantitative estimate of drug-likeness (QED) is 0.724. The molecule has 0 aliphatic heterocycles. The number of aliphatic hydroxyl groups excluding tert-OH is 1. The molecular formula is C16H14ClNO3S2. The van der Waals surface area contributed by atoms with Gasteiger partial charge in [-0.2, -0.15) is 0 Å². The van der Waals surface area contributed by atoms with E-state index in [9.17, 15) is 13.5 Å². The van der Waals surface area contributed by atoms with E-state index in [1.165, 1.54) is 35.6 Å². The number of nitrogens with one attached hydrogen (secondary N) is 1. The Labute approximate surface area is 143 Å². The van der Waals surface area contributed by atoms with Crippen LogP contribution in [-0.2, 0) is 10.0 Å². The lowest BCUT2D eigenvalue weighted by Crippen LogP contribution is -2.28. The summed E-state index contributed by atoms with van der Waals surface area (Å²) < 4.78 is 27.9. The summed E-state index contributed by atoms with van der Waals surface area (Å²) >= 11 is 7.28. The number of thiophene rings is 1. The third-order valence-electron chi connectivity index (χ3n) is 3.46. The van der Waals surface area contributed by atoms with Crippen molar-refractivity contribution < 1.29 is 13.5 Å². The molecular weight excluding hydrogens is 354 g/mol. The molecule has 0 aliphatic rings. The monoisotopic (exact) mass is 367 g/mol. The Bertz CT molecular complexity index is 920. The minimum absolute atomic E-state index is 0.0916. The van der Waals surface area contributed by atoms with E-state index in [-0.39, 0.29) is 11.4 Å². The average molecular weight is 368 g/mol. The zero-order chi connectivity index (χ0) is 16.4. The van der Waals surface area contributed by atoms with Gasteiger partial charge in [-0.3, -0.25) is 0 Å². The van der Waals surface area contributed by atoms with E-state index in [0.717, 1.165) is 15.6 Å². The van der Waals surface area contributed by atoms with E-state index in [1.807, 2.05) is 29.6 Å². The topological polar surface area (TPSA) is 66.4 Å². The van der Waals surface area contributed by atoms with Crippen LogP contribution in [0.2, 0.25) is 5.02 Å². The number of benzene rings is 2. The Balaban J connectivity index is 1.76. The zero-order valence-electron chi connectivity index (χ0n) is 11.9. The molecule has 2 N–H and O–H groups in total. The third-order valence-corrected chi connectivity index (χ3v) is 6.13. The highest BCUT2D eigenvalue weighted by Gasteiger charge is 2.18. The molecule has 0 bridgehead atoms. The number of fused-ring (bicyclic) bond motifs is 1. The predicted molar refractivity (Wildman–Crippen MR) is 93.4 cm³/mol. The van der Waals surface area contributed by atoms with Crippen LogP contribution in [0.15, 0.2) is 58.8 Å². The number of halogens is 1. The summed E-state index contributed by atoms with van der Waals surface area (Å²) in [5.41, 5.74) is 0.726. The lowest BCUT2D eigenvalue weighted by atomic mass is 10.1. The fourth-order valence-corrected chi connectivity index (χ4v) is 4.42. The molecule has 0 spiro atoms. The summed E-state index contributed by atoms with van der Waals surface area (Å²) in [5.74, 6) is 0. The highest BCUT2D eigenvalue weighted by atomic mass is 35.5. The molecule has 0 fully saturated rings. The lowest BCUT2D eigenvalue weighted by Gasteiger charge is -2.12. The van der Waals surface area contributed by atoms with Crippen molar-refractivity contribution in [3.63, 3.8) is 0 Å². The fourth-order valence-electron chi connectivity index (χ4n) is 2.25. The van der Waals surface area contributed by atoms with Crippen LogP contribution in [-0.4, -0.2) is 20.1 Å². The molecule has 1 aromatic heterocycles. The van der Waals surface area contributed by atoms with Gasteiger partial charge in [0, 0.05) is 21.8 Å². The summed E-state index contributed by atoms with van der Waals surface area (Å²) in [6.07, 6.45) is -0.909. The first kappa shape index (κ1) is 16.4. The van der Waals surface area contributed by atoms with Crippen molar-refractivity contribution in [3.8, 4) is 0 Å². The van der Waals surface area contributed by atoms with Gasteiger partial charge in [0.25, 0.3) is 0 Å². The summed E-state index contributed by atoms with van der Waals surface area (Å²) in [5, 5.41) is 13.6. The zero-order valence-corrected chi connectivity index (χ0v) is 14.3. The van der Waals surface area contributed by atoms with Gasteiger partial charge in [-0.15, -0.1) is 11.3 Å². The summed E-state index contributed by atoms with van der Waals surface area (Å²) in [6.45, 7) is -0.0916. The standard InChI is InChI=1S/C16H14ClNO3S2/c17-11-5-7-12(8-6-11)23(20,21)18-9-15(19)14-10-22-16-4-2-1-3-13(14)16/h1-8,10,15,18-19H,9H2. The van der Waals surface area contributed by atoms with Gasteiger partial charge in [0.15, 0.2) is 0 Å². The van der Waals surface area contributed by atoms with Gasteiger partial charge < -0.3 is 5.11 Å². The van der Waals surface area contributed by atoms with Crippen LogP contribution in [0.25, 0.3) is 10.1 Å². The smallest absolute Gasteiger partial charge is 0.240 e. The van der Waals surface area contributed by atoms with Gasteiger partial charge >= 0.3 is 0 Å². The van der Waals surface area contributed by atoms with Crippen molar-refractivity contribution in [3.05, 3.63) is 64.5 Å². The van der Waals surface area contributed by atoms with E-state index in [0.29, 0.717) is 5.02 Å². The predicted octanol–water partition coefficient (Wildman–Crippen LogP) is 3.57. The summed E-state index contributed by atoms with van der Waals surface area (Å²) in [6, 6.07) is 13.6. The molecule has 2 aromatic carbocycles. The maximum absolute atomic E-state index is 12.2. The van der Waals surface area contributed by atoms with Crippen molar-refractivity contribution in [2.45, 2.75) is 11.0 Å². The Morgan fingerprint density at radius 2 is 1.83 bits per heavy atom. The van der Waals surface area contributed by atoms with Crippen molar-refractivity contribution in [2.75, 3.05) is 6.54 Å². The highest BCUT2D eigenvalue weighted by Crippen LogP contribution is 2.30. The van der Waals surface area contributed by atoms with E-state index >= 15 is 0 Å². The molecule has 0 aliphatic carbocycles. The normalized spacial score (nSPS) is 13.3. The van der Waals surface area contributed by atoms with Gasteiger partial charge in [0.2, 0.25) is 10.0 Å². The second-order valence-corrected chi connectivity index (χ2v) is 8.12. The summed E-state index contributed by atoms with van der Waals surface area (Å²) in [4.78, 5) is 0.115. The molecule has 0 saturated heterocycles. The first-order valence-corrected chi connectivity index (χ1v) is 9.61. The first-order valence-electron chi connectivity index (χ1n) is 6.87. The van der Waals surface area contributed by atoms with Gasteiger partial charge in [-0.25, -0.2) is 13.1 Å². The van der Waals surface area contributed by atoms with Gasteiger partial charge in [0.1, 0.15) is 0 Å². The highest BCUT2D eigenvalue weighted by molar-refractivity contribution is 7.89. The van der Waals surface area contributed by atoms with Crippen molar-refractivity contribution in [1.82, 2.24) is 4.72 Å². The molecule has 23 heavy (non-hydrogen) atoms. The first-order chi connectivity index (χ1) is 11.0. The minimum atomic E-state index is -3.68. The lowest BCUT2D eigenvalue weighted by molar-refractivity contribution is 0.184. The van der Waals surface area contributed by atoms with E-state index in [2.05, 4.69) is 4.72 Å². The largest absolute Gasteiger partial charge is 0.387 e. The van der Waals surface area contributed by atoms with Crippen molar-refractivity contribution in [2.24, 2.45) is 0 Å². The van der Waals surface area contributed by atoms with Crippen LogP contribution in [0, 0.1) is 0 Å². The molecule has 3 aromatic rings. The Morgan fingerprint density at radius 1 is 1.13 bits per heavy atom. The average Bonchev–Trinajstić information content (AvgIpc) is 2.97. The SMILES string of the molecule is O=S(=O)(NCC(O)c1csc2ccccc12)c1ccc(Cl)cc1. The van der Waals surface area contributed by atoms with Crippen LogP contribution in [0.4, 0.5) is 0 Å². The Hall–Kier alpha value is -1.44. The van der Waals surface area contributed by atoms with E-state index in [1.54, 1.807) is 0 Å². The molecule has 1 heterocycles. The van der Waals surface area contributed by atoms with E-state index in [4.69, 9.17) is 11.6 Å². The fraction of sp³-hybridized carbons (Fsp3) is 0.125. The minimum Gasteiger partial charge on any atom is -0.387 e. The summed E-state index contributed by atoms with van der Waals surface area (Å²) in [7, 11) is -3.68. The number of rotatable bonds is 5. The van der Waals surface area contributed by atoms with Gasteiger partial charge in [0.05, 0.1) is 11.0 Å². The Morgan fingerprint density at radius 3 is 2.57 bits per heavy atom. The Kier molecular flexibility index (Phi) is 4.70. The second-order valence-electron chi connectivity index (χ2n) is 5.01. The molecule has 120 valence electrons. The number of sulfonamides is 1. The second kappa shape index (κ2) is 6.59. The van der Waals surface area contributed by atoms with Crippen LogP contribution < -0.4 is 4.72 Å². The van der Waals surface area contributed by atoms with E-state index < -0.39 is 16.1 Å². The maximum Gasteiger partial charge on any atom is 0.240 e. The molecule has 1 unspecified atom stereocenters. The molecule has 3 rings (SSSR count). The van der Waals surface area contributed by atoms with Crippen LogP contribution in [0.5, 0.6) is 0 Å². The maximum atomic E-state index is 12.2. The number of hydrogen-bond acceptors (Lipinski definition) is 4. The van der Waals surface area contributed by atoms with Crippen LogP contribution in [0.1, 0.15) is 11.7 Å². The molecule has 1 atom stereocenters. The van der Waals surface area contributed by atoms with Crippen LogP contribution >= 0.6 is 22.9 Å². The molecule has 0 saturated carbocycles. The molecule has 7 heteroatoms. The van der Waals surface area contributed by atoms with Crippen molar-refractivity contribution >= 4 is 43.0 Å².